The van der Waals surface area contributed by atoms with Crippen molar-refractivity contribution in [3.8, 4) is 5.75 Å². The molecule has 27 heavy (non-hydrogen) atoms. The van der Waals surface area contributed by atoms with E-state index in [-0.39, 0.29) is 18.3 Å². The average Bonchev–Trinajstić information content (AvgIpc) is 2.58. The van der Waals surface area contributed by atoms with Crippen LogP contribution in [0.3, 0.4) is 0 Å². The van der Waals surface area contributed by atoms with Gasteiger partial charge in [0.15, 0.2) is 0 Å². The van der Waals surface area contributed by atoms with Crippen LogP contribution in [0.5, 0.6) is 5.75 Å². The monoisotopic (exact) mass is 394 g/mol. The van der Waals surface area contributed by atoms with Crippen molar-refractivity contribution >= 4 is 21.6 Å². The van der Waals surface area contributed by atoms with Gasteiger partial charge in [0.1, 0.15) is 24.7 Å². The van der Waals surface area contributed by atoms with Crippen LogP contribution in [0.15, 0.2) is 48.5 Å². The van der Waals surface area contributed by atoms with E-state index >= 15 is 0 Å². The van der Waals surface area contributed by atoms with Crippen molar-refractivity contribution in [2.75, 3.05) is 23.7 Å². The summed E-state index contributed by atoms with van der Waals surface area (Å²) in [5, 5.41) is 2.68. The molecule has 0 radical (unpaired) electrons. The molecule has 0 unspecified atom stereocenters. The summed E-state index contributed by atoms with van der Waals surface area (Å²) >= 11 is 0. The maximum Gasteiger partial charge on any atom is 0.241 e. The first kappa shape index (κ1) is 20.7. The molecule has 0 aliphatic rings. The summed E-state index contributed by atoms with van der Waals surface area (Å²) in [7, 11) is -3.75. The predicted octanol–water partition coefficient (Wildman–Crippen LogP) is 2.48. The summed E-state index contributed by atoms with van der Waals surface area (Å²) < 4.78 is 43.9. The van der Waals surface area contributed by atoms with Crippen LogP contribution in [0.25, 0.3) is 0 Å². The Kier molecular flexibility index (Phi) is 6.79. The summed E-state index contributed by atoms with van der Waals surface area (Å²) in [5.41, 5.74) is 1.21. The van der Waals surface area contributed by atoms with E-state index in [4.69, 9.17) is 4.74 Å². The molecule has 0 saturated carbocycles. The third-order valence-corrected chi connectivity index (χ3v) is 4.85. The number of amides is 1. The van der Waals surface area contributed by atoms with Crippen molar-refractivity contribution in [2.45, 2.75) is 19.9 Å². The molecule has 146 valence electrons. The van der Waals surface area contributed by atoms with E-state index in [0.29, 0.717) is 5.75 Å². The Morgan fingerprint density at radius 3 is 2.48 bits per heavy atom. The molecule has 1 atom stereocenters. The SMILES string of the molecule is Cc1ccc(OC[C@@H](C)NC(=O)CN(c2cccc(F)c2)S(C)(=O)=O)cc1. The molecule has 6 nitrogen and oxygen atoms in total. The van der Waals surface area contributed by atoms with Gasteiger partial charge in [-0.3, -0.25) is 9.10 Å². The van der Waals surface area contributed by atoms with E-state index in [1.807, 2.05) is 31.2 Å². The number of nitrogens with zero attached hydrogens (tertiary/aromatic N) is 1. The highest BCUT2D eigenvalue weighted by atomic mass is 32.2. The van der Waals surface area contributed by atoms with Crippen molar-refractivity contribution in [3.05, 3.63) is 59.9 Å². The second kappa shape index (κ2) is 8.85. The second-order valence-electron chi connectivity index (χ2n) is 6.34. The molecule has 0 aliphatic heterocycles. The first-order chi connectivity index (χ1) is 12.6. The van der Waals surface area contributed by atoms with E-state index in [1.54, 1.807) is 6.92 Å². The maximum absolute atomic E-state index is 13.4. The van der Waals surface area contributed by atoms with Crippen LogP contribution in [0.4, 0.5) is 10.1 Å². The number of hydrogen-bond donors (Lipinski definition) is 1. The molecule has 2 aromatic rings. The van der Waals surface area contributed by atoms with Crippen LogP contribution < -0.4 is 14.4 Å². The van der Waals surface area contributed by atoms with Gasteiger partial charge in [-0.2, -0.15) is 0 Å². The molecule has 2 rings (SSSR count). The van der Waals surface area contributed by atoms with Crippen molar-refractivity contribution in [1.29, 1.82) is 0 Å². The molecule has 1 N–H and O–H groups in total. The van der Waals surface area contributed by atoms with Crippen LogP contribution in [0, 0.1) is 12.7 Å². The largest absolute Gasteiger partial charge is 0.491 e. The van der Waals surface area contributed by atoms with Crippen LogP contribution in [0.2, 0.25) is 0 Å². The van der Waals surface area contributed by atoms with Crippen LogP contribution >= 0.6 is 0 Å². The van der Waals surface area contributed by atoms with Gasteiger partial charge in [0.2, 0.25) is 15.9 Å². The molecule has 0 fully saturated rings. The summed E-state index contributed by atoms with van der Waals surface area (Å²) in [5.74, 6) is -0.412. The Hall–Kier alpha value is -2.61. The molecule has 2 aromatic carbocycles. The Bertz CT molecular complexity index is 885. The van der Waals surface area contributed by atoms with Gasteiger partial charge in [0, 0.05) is 0 Å². The molecule has 0 heterocycles. The number of aryl methyl sites for hydroxylation is 1. The standard InChI is InChI=1S/C19H23FN2O4S/c1-14-7-9-18(10-8-14)26-13-15(2)21-19(23)12-22(27(3,24)25)17-6-4-5-16(20)11-17/h4-11,15H,12-13H2,1-3H3,(H,21,23)/t15-/m1/s1. The number of ether oxygens (including phenoxy) is 1. The lowest BCUT2D eigenvalue weighted by Gasteiger charge is -2.23. The number of anilines is 1. The van der Waals surface area contributed by atoms with Gasteiger partial charge in [-0.25, -0.2) is 12.8 Å². The number of sulfonamides is 1. The number of carbonyl (C=O) groups is 1. The van der Waals surface area contributed by atoms with E-state index in [0.717, 1.165) is 22.2 Å². The highest BCUT2D eigenvalue weighted by Crippen LogP contribution is 2.18. The van der Waals surface area contributed by atoms with Gasteiger partial charge in [-0.1, -0.05) is 23.8 Å². The number of carbonyl (C=O) groups excluding carboxylic acids is 1. The Labute approximate surface area is 159 Å². The van der Waals surface area contributed by atoms with E-state index in [2.05, 4.69) is 5.32 Å². The zero-order chi connectivity index (χ0) is 20.0. The highest BCUT2D eigenvalue weighted by molar-refractivity contribution is 7.92. The third-order valence-electron chi connectivity index (χ3n) is 3.71. The minimum absolute atomic E-state index is 0.0937. The average molecular weight is 394 g/mol. The zero-order valence-electron chi connectivity index (χ0n) is 15.5. The number of nitrogens with one attached hydrogen (secondary N) is 1. The normalized spacial score (nSPS) is 12.3. The summed E-state index contributed by atoms with van der Waals surface area (Å²) in [4.78, 5) is 12.3. The van der Waals surface area contributed by atoms with Gasteiger partial charge in [0.25, 0.3) is 0 Å². The highest BCUT2D eigenvalue weighted by Gasteiger charge is 2.22. The summed E-state index contributed by atoms with van der Waals surface area (Å²) in [6.45, 7) is 3.50. The minimum Gasteiger partial charge on any atom is -0.491 e. The minimum atomic E-state index is -3.75. The van der Waals surface area contributed by atoms with Crippen molar-refractivity contribution in [3.63, 3.8) is 0 Å². The molecular weight excluding hydrogens is 371 g/mol. The van der Waals surface area contributed by atoms with Gasteiger partial charge in [-0.15, -0.1) is 0 Å². The van der Waals surface area contributed by atoms with Crippen molar-refractivity contribution in [2.24, 2.45) is 0 Å². The Balaban J connectivity index is 1.95. The maximum atomic E-state index is 13.4. The molecule has 0 saturated heterocycles. The number of hydrogen-bond acceptors (Lipinski definition) is 4. The number of halogens is 1. The zero-order valence-corrected chi connectivity index (χ0v) is 16.3. The van der Waals surface area contributed by atoms with E-state index in [1.165, 1.54) is 18.2 Å². The Morgan fingerprint density at radius 2 is 1.89 bits per heavy atom. The first-order valence-corrected chi connectivity index (χ1v) is 10.2. The topological polar surface area (TPSA) is 75.7 Å². The first-order valence-electron chi connectivity index (χ1n) is 8.37. The molecule has 8 heteroatoms. The Morgan fingerprint density at radius 1 is 1.22 bits per heavy atom. The fraction of sp³-hybridized carbons (Fsp3) is 0.316. The fourth-order valence-electron chi connectivity index (χ4n) is 2.38. The van der Waals surface area contributed by atoms with Crippen molar-refractivity contribution < 1.29 is 22.3 Å². The summed E-state index contributed by atoms with van der Waals surface area (Å²) in [6.07, 6.45) is 0.967. The van der Waals surface area contributed by atoms with Gasteiger partial charge in [0.05, 0.1) is 18.0 Å². The molecule has 0 aromatic heterocycles. The van der Waals surface area contributed by atoms with E-state index in [9.17, 15) is 17.6 Å². The quantitative estimate of drug-likeness (QED) is 0.746. The lowest BCUT2D eigenvalue weighted by atomic mass is 10.2. The third kappa shape index (κ3) is 6.56. The molecule has 0 bridgehead atoms. The number of benzene rings is 2. The van der Waals surface area contributed by atoms with Crippen LogP contribution in [0.1, 0.15) is 12.5 Å². The second-order valence-corrected chi connectivity index (χ2v) is 8.25. The van der Waals surface area contributed by atoms with Gasteiger partial charge in [-0.05, 0) is 44.2 Å². The van der Waals surface area contributed by atoms with Crippen LogP contribution in [-0.4, -0.2) is 39.8 Å². The smallest absolute Gasteiger partial charge is 0.241 e. The van der Waals surface area contributed by atoms with E-state index < -0.39 is 28.3 Å². The molecule has 0 spiro atoms. The summed E-state index contributed by atoms with van der Waals surface area (Å²) in [6, 6.07) is 12.3. The fourth-order valence-corrected chi connectivity index (χ4v) is 3.23. The predicted molar refractivity (Wildman–Crippen MR) is 103 cm³/mol. The van der Waals surface area contributed by atoms with Gasteiger partial charge < -0.3 is 10.1 Å². The van der Waals surface area contributed by atoms with Crippen molar-refractivity contribution in [1.82, 2.24) is 5.32 Å². The van der Waals surface area contributed by atoms with Gasteiger partial charge >= 0.3 is 0 Å². The lowest BCUT2D eigenvalue weighted by molar-refractivity contribution is -0.120. The number of rotatable bonds is 8. The molecule has 0 aliphatic carbocycles. The molecular formula is C19H23FN2O4S. The van der Waals surface area contributed by atoms with Crippen LogP contribution in [-0.2, 0) is 14.8 Å². The molecule has 1 amide bonds. The lowest BCUT2D eigenvalue weighted by Crippen LogP contribution is -2.44.